The minimum absolute atomic E-state index is 0.155. The highest BCUT2D eigenvalue weighted by atomic mass is 35.5. The first-order valence-corrected chi connectivity index (χ1v) is 7.10. The van der Waals surface area contributed by atoms with E-state index in [0.717, 1.165) is 25.9 Å². The van der Waals surface area contributed by atoms with Crippen molar-refractivity contribution >= 4 is 35.2 Å². The molecule has 1 aromatic rings. The quantitative estimate of drug-likeness (QED) is 0.866. The Kier molecular flexibility index (Phi) is 5.25. The summed E-state index contributed by atoms with van der Waals surface area (Å²) in [5.74, 6) is -0.155. The van der Waals surface area contributed by atoms with E-state index in [0.29, 0.717) is 15.6 Å². The zero-order valence-corrected chi connectivity index (χ0v) is 12.0. The molecule has 0 aliphatic carbocycles. The van der Waals surface area contributed by atoms with Crippen LogP contribution in [0.1, 0.15) is 24.8 Å². The Balaban J connectivity index is 1.96. The van der Waals surface area contributed by atoms with Crippen molar-refractivity contribution in [2.75, 3.05) is 13.1 Å². The van der Waals surface area contributed by atoms with Crippen LogP contribution >= 0.6 is 23.2 Å². The number of nitrogens with zero attached hydrogens (tertiary/aromatic N) is 1. The predicted octanol–water partition coefficient (Wildman–Crippen LogP) is 3.52. The first-order chi connectivity index (χ1) is 9.16. The van der Waals surface area contributed by atoms with Gasteiger partial charge in [0.15, 0.2) is 0 Å². The van der Waals surface area contributed by atoms with E-state index in [4.69, 9.17) is 23.2 Å². The number of rotatable bonds is 3. The van der Waals surface area contributed by atoms with Gasteiger partial charge in [-0.25, -0.2) is 5.01 Å². The summed E-state index contributed by atoms with van der Waals surface area (Å²) in [5.41, 5.74) is 3.52. The maximum atomic E-state index is 11.8. The number of benzene rings is 1. The van der Waals surface area contributed by atoms with Gasteiger partial charge in [0.1, 0.15) is 0 Å². The van der Waals surface area contributed by atoms with E-state index < -0.39 is 0 Å². The molecule has 3 nitrogen and oxygen atoms in total. The van der Waals surface area contributed by atoms with Crippen LogP contribution in [-0.2, 0) is 4.79 Å². The summed E-state index contributed by atoms with van der Waals surface area (Å²) in [5, 5.41) is 3.02. The minimum Gasteiger partial charge on any atom is -0.285 e. The van der Waals surface area contributed by atoms with E-state index in [9.17, 15) is 4.79 Å². The Bertz CT molecular complexity index is 462. The SMILES string of the molecule is O=C(/C=C/c1c(Cl)cccc1Cl)NN1CCCCC1. The molecule has 0 aromatic heterocycles. The number of hydrazine groups is 1. The zero-order chi connectivity index (χ0) is 13.7. The largest absolute Gasteiger partial charge is 0.285 e. The molecule has 1 fully saturated rings. The molecule has 102 valence electrons. The first kappa shape index (κ1) is 14.4. The van der Waals surface area contributed by atoms with Crippen molar-refractivity contribution in [3.8, 4) is 0 Å². The van der Waals surface area contributed by atoms with Gasteiger partial charge in [-0.05, 0) is 31.1 Å². The topological polar surface area (TPSA) is 32.3 Å². The van der Waals surface area contributed by atoms with Crippen molar-refractivity contribution in [3.05, 3.63) is 39.9 Å². The summed E-state index contributed by atoms with van der Waals surface area (Å²) in [6.45, 7) is 1.82. The lowest BCUT2D eigenvalue weighted by atomic mass is 10.2. The van der Waals surface area contributed by atoms with Crippen molar-refractivity contribution in [3.63, 3.8) is 0 Å². The Hall–Kier alpha value is -1.03. The van der Waals surface area contributed by atoms with Gasteiger partial charge in [0.25, 0.3) is 5.91 Å². The second-order valence-corrected chi connectivity index (χ2v) is 5.31. The maximum Gasteiger partial charge on any atom is 0.258 e. The van der Waals surface area contributed by atoms with E-state index >= 15 is 0 Å². The number of amides is 1. The van der Waals surface area contributed by atoms with E-state index in [2.05, 4.69) is 5.43 Å². The molecule has 1 aliphatic heterocycles. The molecule has 0 bridgehead atoms. The summed E-state index contributed by atoms with van der Waals surface area (Å²) >= 11 is 12.1. The van der Waals surface area contributed by atoms with Gasteiger partial charge in [0, 0.05) is 34.8 Å². The van der Waals surface area contributed by atoms with Gasteiger partial charge >= 0.3 is 0 Å². The Morgan fingerprint density at radius 3 is 2.42 bits per heavy atom. The molecular formula is C14H16Cl2N2O. The second-order valence-electron chi connectivity index (χ2n) is 4.49. The minimum atomic E-state index is -0.155. The fourth-order valence-electron chi connectivity index (χ4n) is 2.03. The van der Waals surface area contributed by atoms with E-state index in [1.165, 1.54) is 12.5 Å². The maximum absolute atomic E-state index is 11.8. The lowest BCUT2D eigenvalue weighted by Crippen LogP contribution is -2.44. The summed E-state index contributed by atoms with van der Waals surface area (Å²) < 4.78 is 0. The third-order valence-corrected chi connectivity index (χ3v) is 3.68. The monoisotopic (exact) mass is 298 g/mol. The summed E-state index contributed by atoms with van der Waals surface area (Å²) in [4.78, 5) is 11.8. The van der Waals surface area contributed by atoms with Gasteiger partial charge in [-0.2, -0.15) is 0 Å². The van der Waals surface area contributed by atoms with Crippen molar-refractivity contribution in [1.82, 2.24) is 10.4 Å². The molecule has 5 heteroatoms. The highest BCUT2D eigenvalue weighted by Gasteiger charge is 2.11. The van der Waals surface area contributed by atoms with E-state index in [-0.39, 0.29) is 5.91 Å². The second kappa shape index (κ2) is 6.94. The van der Waals surface area contributed by atoms with Crippen LogP contribution in [0.5, 0.6) is 0 Å². The lowest BCUT2D eigenvalue weighted by Gasteiger charge is -2.26. The highest BCUT2D eigenvalue weighted by molar-refractivity contribution is 6.37. The van der Waals surface area contributed by atoms with Crippen LogP contribution in [0.25, 0.3) is 6.08 Å². The number of nitrogens with one attached hydrogen (secondary N) is 1. The molecule has 1 saturated heterocycles. The van der Waals surface area contributed by atoms with Crippen molar-refractivity contribution in [2.45, 2.75) is 19.3 Å². The Morgan fingerprint density at radius 1 is 1.16 bits per heavy atom. The van der Waals surface area contributed by atoms with Crippen LogP contribution in [0.4, 0.5) is 0 Å². The summed E-state index contributed by atoms with van der Waals surface area (Å²) in [6, 6.07) is 5.26. The van der Waals surface area contributed by atoms with Crippen molar-refractivity contribution in [1.29, 1.82) is 0 Å². The molecule has 0 atom stereocenters. The average molecular weight is 299 g/mol. The molecule has 1 heterocycles. The fourth-order valence-corrected chi connectivity index (χ4v) is 2.55. The first-order valence-electron chi connectivity index (χ1n) is 6.34. The van der Waals surface area contributed by atoms with Crippen LogP contribution < -0.4 is 5.43 Å². The van der Waals surface area contributed by atoms with Crippen LogP contribution in [0, 0.1) is 0 Å². The standard InChI is InChI=1S/C14H16Cl2N2O/c15-12-5-4-6-13(16)11(12)7-8-14(19)17-18-9-2-1-3-10-18/h4-8H,1-3,9-10H2,(H,17,19)/b8-7+. The molecule has 0 unspecified atom stereocenters. The number of piperidine rings is 1. The molecule has 0 spiro atoms. The smallest absolute Gasteiger partial charge is 0.258 e. The molecular weight excluding hydrogens is 283 g/mol. The van der Waals surface area contributed by atoms with Gasteiger partial charge in [-0.3, -0.25) is 10.2 Å². The number of halogens is 2. The molecule has 0 radical (unpaired) electrons. The highest BCUT2D eigenvalue weighted by Crippen LogP contribution is 2.25. The van der Waals surface area contributed by atoms with Crippen LogP contribution in [-0.4, -0.2) is 24.0 Å². The number of carbonyl (C=O) groups is 1. The normalized spacial score (nSPS) is 16.7. The summed E-state index contributed by atoms with van der Waals surface area (Å²) in [7, 11) is 0. The van der Waals surface area contributed by atoms with Crippen LogP contribution in [0.15, 0.2) is 24.3 Å². The average Bonchev–Trinajstić information content (AvgIpc) is 2.39. The van der Waals surface area contributed by atoms with Crippen LogP contribution in [0.3, 0.4) is 0 Å². The van der Waals surface area contributed by atoms with Crippen LogP contribution in [0.2, 0.25) is 10.0 Å². The van der Waals surface area contributed by atoms with E-state index in [1.807, 2.05) is 5.01 Å². The van der Waals surface area contributed by atoms with Crippen molar-refractivity contribution in [2.24, 2.45) is 0 Å². The Labute approximate surface area is 123 Å². The predicted molar refractivity (Wildman–Crippen MR) is 79.1 cm³/mol. The fraction of sp³-hybridized carbons (Fsp3) is 0.357. The number of carbonyl (C=O) groups excluding carboxylic acids is 1. The number of hydrogen-bond donors (Lipinski definition) is 1. The molecule has 2 rings (SSSR count). The summed E-state index contributed by atoms with van der Waals surface area (Å²) in [6.07, 6.45) is 6.59. The Morgan fingerprint density at radius 2 is 1.79 bits per heavy atom. The third-order valence-electron chi connectivity index (χ3n) is 3.03. The number of hydrogen-bond acceptors (Lipinski definition) is 2. The molecule has 19 heavy (non-hydrogen) atoms. The molecule has 1 aliphatic rings. The van der Waals surface area contributed by atoms with Gasteiger partial charge in [0.05, 0.1) is 0 Å². The van der Waals surface area contributed by atoms with Gasteiger partial charge in [0.2, 0.25) is 0 Å². The molecule has 1 N–H and O–H groups in total. The third kappa shape index (κ3) is 4.23. The lowest BCUT2D eigenvalue weighted by molar-refractivity contribution is -0.121. The van der Waals surface area contributed by atoms with E-state index in [1.54, 1.807) is 24.3 Å². The van der Waals surface area contributed by atoms with Gasteiger partial charge in [-0.15, -0.1) is 0 Å². The molecule has 1 aromatic carbocycles. The van der Waals surface area contributed by atoms with Crippen molar-refractivity contribution < 1.29 is 4.79 Å². The van der Waals surface area contributed by atoms with Gasteiger partial charge in [-0.1, -0.05) is 35.7 Å². The zero-order valence-electron chi connectivity index (χ0n) is 10.5. The molecule has 0 saturated carbocycles. The molecule has 1 amide bonds. The van der Waals surface area contributed by atoms with Gasteiger partial charge < -0.3 is 0 Å².